The summed E-state index contributed by atoms with van der Waals surface area (Å²) in [6, 6.07) is 8.89. The topological polar surface area (TPSA) is 53.3 Å². The van der Waals surface area contributed by atoms with Crippen LogP contribution in [0.5, 0.6) is 5.88 Å². The molecule has 2 rings (SSSR count). The van der Waals surface area contributed by atoms with Gasteiger partial charge in [-0.15, -0.1) is 0 Å². The lowest BCUT2D eigenvalue weighted by molar-refractivity contribution is -0.135. The number of hydrogen-bond donors (Lipinski definition) is 0. The van der Waals surface area contributed by atoms with Crippen LogP contribution in [0.15, 0.2) is 30.3 Å². The number of carbonyl (C=O) groups is 1. The predicted octanol–water partition coefficient (Wildman–Crippen LogP) is 3.94. The highest BCUT2D eigenvalue weighted by Gasteiger charge is 2.29. The first-order valence-electron chi connectivity index (χ1n) is 7.82. The van der Waals surface area contributed by atoms with E-state index >= 15 is 0 Å². The third-order valence-electron chi connectivity index (χ3n) is 3.49. The van der Waals surface area contributed by atoms with E-state index in [-0.39, 0.29) is 31.0 Å². The van der Waals surface area contributed by atoms with E-state index in [1.165, 1.54) is 11.8 Å². The van der Waals surface area contributed by atoms with Crippen molar-refractivity contribution in [3.63, 3.8) is 0 Å². The zero-order valence-corrected chi connectivity index (χ0v) is 14.0. The zero-order valence-electron chi connectivity index (χ0n) is 14.0. The maximum absolute atomic E-state index is 12.4. The van der Waals surface area contributed by atoms with Crippen molar-refractivity contribution in [2.24, 2.45) is 0 Å². The molecule has 0 fully saturated rings. The SMILES string of the molecule is CCOC(=O)c1nn(-c2ccccc2)c(OC)c1CCCC(F)(F)F. The Hall–Kier alpha value is -2.51. The summed E-state index contributed by atoms with van der Waals surface area (Å²) >= 11 is 0. The molecule has 0 atom stereocenters. The fourth-order valence-electron chi connectivity index (χ4n) is 2.44. The third-order valence-corrected chi connectivity index (χ3v) is 3.49. The van der Waals surface area contributed by atoms with Crippen molar-refractivity contribution in [1.29, 1.82) is 0 Å². The van der Waals surface area contributed by atoms with Crippen molar-refractivity contribution in [3.8, 4) is 11.6 Å². The van der Waals surface area contributed by atoms with E-state index < -0.39 is 18.6 Å². The summed E-state index contributed by atoms with van der Waals surface area (Å²) < 4.78 is 49.0. The first-order valence-corrected chi connectivity index (χ1v) is 7.82. The highest BCUT2D eigenvalue weighted by molar-refractivity contribution is 5.89. The van der Waals surface area contributed by atoms with Gasteiger partial charge in [0.15, 0.2) is 5.69 Å². The van der Waals surface area contributed by atoms with Gasteiger partial charge in [0.1, 0.15) is 0 Å². The summed E-state index contributed by atoms with van der Waals surface area (Å²) in [6.45, 7) is 1.79. The molecule has 25 heavy (non-hydrogen) atoms. The number of ether oxygens (including phenoxy) is 2. The molecule has 1 aromatic carbocycles. The quantitative estimate of drug-likeness (QED) is 0.705. The Balaban J connectivity index is 2.42. The number of methoxy groups -OCH3 is 1. The molecule has 1 aromatic heterocycles. The number of nitrogens with zero attached hydrogens (tertiary/aromatic N) is 2. The van der Waals surface area contributed by atoms with E-state index in [4.69, 9.17) is 9.47 Å². The third kappa shape index (κ3) is 4.74. The highest BCUT2D eigenvalue weighted by Crippen LogP contribution is 2.30. The van der Waals surface area contributed by atoms with Gasteiger partial charge in [0.05, 0.1) is 19.4 Å². The summed E-state index contributed by atoms with van der Waals surface area (Å²) in [7, 11) is 1.39. The van der Waals surface area contributed by atoms with Gasteiger partial charge in [-0.05, 0) is 31.9 Å². The Labute approximate surface area is 143 Å². The molecule has 1 heterocycles. The molecule has 0 saturated carbocycles. The van der Waals surface area contributed by atoms with Gasteiger partial charge in [-0.25, -0.2) is 4.79 Å². The molecule has 0 saturated heterocycles. The second-order valence-corrected chi connectivity index (χ2v) is 5.27. The second kappa shape index (κ2) is 8.04. The molecule has 5 nitrogen and oxygen atoms in total. The fraction of sp³-hybridized carbons (Fsp3) is 0.412. The molecule has 0 N–H and O–H groups in total. The molecule has 136 valence electrons. The molecule has 8 heteroatoms. The average Bonchev–Trinajstić information content (AvgIpc) is 2.93. The van der Waals surface area contributed by atoms with Crippen LogP contribution in [-0.4, -0.2) is 35.6 Å². The highest BCUT2D eigenvalue weighted by atomic mass is 19.4. The minimum Gasteiger partial charge on any atom is -0.481 e. The molecule has 0 unspecified atom stereocenters. The lowest BCUT2D eigenvalue weighted by atomic mass is 10.1. The van der Waals surface area contributed by atoms with E-state index in [1.807, 2.05) is 6.07 Å². The van der Waals surface area contributed by atoms with E-state index in [0.29, 0.717) is 11.3 Å². The van der Waals surface area contributed by atoms with Gasteiger partial charge in [-0.2, -0.15) is 23.0 Å². The number of halogens is 3. The monoisotopic (exact) mass is 356 g/mol. The van der Waals surface area contributed by atoms with Crippen molar-refractivity contribution in [2.45, 2.75) is 32.4 Å². The predicted molar refractivity (Wildman–Crippen MR) is 85.1 cm³/mol. The van der Waals surface area contributed by atoms with Crippen LogP contribution in [0, 0.1) is 0 Å². The standard InChI is InChI=1S/C17H19F3N2O3/c1-3-25-16(23)14-13(10-7-11-17(18,19)20)15(24-2)22(21-14)12-8-5-4-6-9-12/h4-6,8-9H,3,7,10-11H2,1-2H3. The van der Waals surface area contributed by atoms with Gasteiger partial charge in [-0.1, -0.05) is 18.2 Å². The summed E-state index contributed by atoms with van der Waals surface area (Å²) in [5, 5.41) is 4.22. The molecule has 0 radical (unpaired) electrons. The van der Waals surface area contributed by atoms with E-state index in [2.05, 4.69) is 5.10 Å². The van der Waals surface area contributed by atoms with Gasteiger partial charge in [0.25, 0.3) is 0 Å². The van der Waals surface area contributed by atoms with Gasteiger partial charge in [-0.3, -0.25) is 0 Å². The molecule has 0 aliphatic rings. The minimum atomic E-state index is -4.26. The maximum Gasteiger partial charge on any atom is 0.389 e. The summed E-state index contributed by atoms with van der Waals surface area (Å²) in [5.74, 6) is -0.450. The lowest BCUT2D eigenvalue weighted by Gasteiger charge is -2.09. The van der Waals surface area contributed by atoms with Gasteiger partial charge in [0.2, 0.25) is 5.88 Å². The van der Waals surface area contributed by atoms with Crippen molar-refractivity contribution in [2.75, 3.05) is 13.7 Å². The van der Waals surface area contributed by atoms with Crippen LogP contribution < -0.4 is 4.74 Å². The molecule has 0 aliphatic heterocycles. The Kier molecular flexibility index (Phi) is 6.06. The van der Waals surface area contributed by atoms with Crippen LogP contribution in [0.2, 0.25) is 0 Å². The molecule has 0 aliphatic carbocycles. The fourth-order valence-corrected chi connectivity index (χ4v) is 2.44. The van der Waals surface area contributed by atoms with Crippen molar-refractivity contribution < 1.29 is 27.4 Å². The molecule has 0 amide bonds. The number of para-hydroxylation sites is 1. The van der Waals surface area contributed by atoms with Crippen LogP contribution in [0.4, 0.5) is 13.2 Å². The molecule has 2 aromatic rings. The number of rotatable bonds is 7. The summed E-state index contributed by atoms with van der Waals surface area (Å²) in [6.07, 6.45) is -5.38. The number of esters is 1. The van der Waals surface area contributed by atoms with Crippen LogP contribution >= 0.6 is 0 Å². The summed E-state index contributed by atoms with van der Waals surface area (Å²) in [5.41, 5.74) is 0.922. The Morgan fingerprint density at radius 3 is 2.48 bits per heavy atom. The number of alkyl halides is 3. The van der Waals surface area contributed by atoms with E-state index in [1.54, 1.807) is 31.2 Å². The Bertz CT molecular complexity index is 712. The Morgan fingerprint density at radius 1 is 1.24 bits per heavy atom. The molecular formula is C17H19F3N2O3. The smallest absolute Gasteiger partial charge is 0.389 e. The van der Waals surface area contributed by atoms with Crippen molar-refractivity contribution in [1.82, 2.24) is 9.78 Å². The lowest BCUT2D eigenvalue weighted by Crippen LogP contribution is -2.10. The zero-order chi connectivity index (χ0) is 18.4. The maximum atomic E-state index is 12.4. The first kappa shape index (κ1) is 18.8. The minimum absolute atomic E-state index is 0.00364. The molecular weight excluding hydrogens is 337 g/mol. The van der Waals surface area contributed by atoms with Crippen LogP contribution in [0.3, 0.4) is 0 Å². The van der Waals surface area contributed by atoms with Gasteiger partial charge in [0, 0.05) is 12.0 Å². The summed E-state index contributed by atoms with van der Waals surface area (Å²) in [4.78, 5) is 12.2. The van der Waals surface area contributed by atoms with Crippen LogP contribution in [0.25, 0.3) is 5.69 Å². The number of hydrogen-bond acceptors (Lipinski definition) is 4. The van der Waals surface area contributed by atoms with Gasteiger partial charge < -0.3 is 9.47 Å². The normalized spacial score (nSPS) is 11.4. The largest absolute Gasteiger partial charge is 0.481 e. The van der Waals surface area contributed by atoms with Crippen LogP contribution in [0.1, 0.15) is 35.8 Å². The average molecular weight is 356 g/mol. The first-order chi connectivity index (χ1) is 11.9. The van der Waals surface area contributed by atoms with Crippen LogP contribution in [-0.2, 0) is 11.2 Å². The van der Waals surface area contributed by atoms with Gasteiger partial charge >= 0.3 is 12.1 Å². The number of benzene rings is 1. The van der Waals surface area contributed by atoms with E-state index in [9.17, 15) is 18.0 Å². The van der Waals surface area contributed by atoms with Crippen molar-refractivity contribution >= 4 is 5.97 Å². The second-order valence-electron chi connectivity index (χ2n) is 5.27. The molecule has 0 bridgehead atoms. The number of aromatic nitrogens is 2. The van der Waals surface area contributed by atoms with Crippen molar-refractivity contribution in [3.05, 3.63) is 41.6 Å². The Morgan fingerprint density at radius 2 is 1.92 bits per heavy atom. The number of carbonyl (C=O) groups excluding carboxylic acids is 1. The van der Waals surface area contributed by atoms with E-state index in [0.717, 1.165) is 0 Å². The molecule has 0 spiro atoms.